The first-order valence-electron chi connectivity index (χ1n) is 13.3. The fourth-order valence-corrected chi connectivity index (χ4v) is 8.16. The predicted octanol–water partition coefficient (Wildman–Crippen LogP) is 2.13. The first-order valence-corrected chi connectivity index (χ1v) is 14.7. The molecular formula is C28H36N6O3S. The van der Waals surface area contributed by atoms with Gasteiger partial charge in [0.1, 0.15) is 0 Å². The smallest absolute Gasteiger partial charge is 0.243 e. The summed E-state index contributed by atoms with van der Waals surface area (Å²) in [5, 5.41) is 15.8. The number of carbonyl (C=O) groups excluding carboxylic acids is 1. The Labute approximate surface area is 225 Å². The summed E-state index contributed by atoms with van der Waals surface area (Å²) in [5.74, 6) is -0.105. The molecule has 10 heteroatoms. The van der Waals surface area contributed by atoms with Gasteiger partial charge in [-0.15, -0.1) is 0 Å². The van der Waals surface area contributed by atoms with E-state index in [-0.39, 0.29) is 29.4 Å². The predicted molar refractivity (Wildman–Crippen MR) is 146 cm³/mol. The van der Waals surface area contributed by atoms with E-state index >= 15 is 0 Å². The van der Waals surface area contributed by atoms with Gasteiger partial charge in [-0.2, -0.15) is 9.57 Å². The van der Waals surface area contributed by atoms with Crippen LogP contribution >= 0.6 is 0 Å². The Hall–Kier alpha value is -2.81. The maximum atomic E-state index is 13.4. The third kappa shape index (κ3) is 5.35. The maximum absolute atomic E-state index is 13.4. The van der Waals surface area contributed by atoms with Crippen LogP contribution in [-0.2, 0) is 21.4 Å². The van der Waals surface area contributed by atoms with Gasteiger partial charge in [0, 0.05) is 62.6 Å². The SMILES string of the molecule is Cc1c(CN2C[C@@H]3CC2CN3)cccc1NC(=O)CN1CC(C)N(S(=O)(=O)c2cccc(C#N)c2)[C@@H](C)C1. The topological polar surface area (TPSA) is 109 Å². The number of piperazine rings is 2. The highest BCUT2D eigenvalue weighted by Gasteiger charge is 2.39. The highest BCUT2D eigenvalue weighted by atomic mass is 32.2. The Morgan fingerprint density at radius 2 is 1.87 bits per heavy atom. The van der Waals surface area contributed by atoms with Crippen LogP contribution in [0.5, 0.6) is 0 Å². The van der Waals surface area contributed by atoms with Gasteiger partial charge in [-0.1, -0.05) is 18.2 Å². The molecule has 3 heterocycles. The monoisotopic (exact) mass is 536 g/mol. The van der Waals surface area contributed by atoms with Crippen molar-refractivity contribution < 1.29 is 13.2 Å². The quantitative estimate of drug-likeness (QED) is 0.558. The van der Waals surface area contributed by atoms with Crippen LogP contribution in [0, 0.1) is 18.3 Å². The summed E-state index contributed by atoms with van der Waals surface area (Å²) < 4.78 is 28.3. The molecule has 2 aromatic carbocycles. The Morgan fingerprint density at radius 3 is 2.53 bits per heavy atom. The van der Waals surface area contributed by atoms with Crippen LogP contribution in [-0.4, -0.2) is 85.3 Å². The van der Waals surface area contributed by atoms with Crippen LogP contribution in [0.3, 0.4) is 0 Å². The van der Waals surface area contributed by atoms with E-state index in [2.05, 4.69) is 28.5 Å². The van der Waals surface area contributed by atoms with Gasteiger partial charge in [0.25, 0.3) is 0 Å². The summed E-state index contributed by atoms with van der Waals surface area (Å²) in [6, 6.07) is 14.8. The zero-order valence-electron chi connectivity index (χ0n) is 22.2. The first kappa shape index (κ1) is 26.8. The van der Waals surface area contributed by atoms with Gasteiger partial charge in [-0.05, 0) is 62.6 Å². The van der Waals surface area contributed by atoms with Crippen molar-refractivity contribution in [3.05, 3.63) is 59.2 Å². The number of carbonyl (C=O) groups is 1. The van der Waals surface area contributed by atoms with Crippen LogP contribution in [0.2, 0.25) is 0 Å². The second-order valence-electron chi connectivity index (χ2n) is 10.9. The van der Waals surface area contributed by atoms with Crippen LogP contribution in [0.25, 0.3) is 0 Å². The molecule has 2 unspecified atom stereocenters. The van der Waals surface area contributed by atoms with Crippen molar-refractivity contribution in [3.63, 3.8) is 0 Å². The first-order chi connectivity index (χ1) is 18.2. The van der Waals surface area contributed by atoms with Crippen molar-refractivity contribution in [2.75, 3.05) is 38.0 Å². The molecule has 0 aromatic heterocycles. The summed E-state index contributed by atoms with van der Waals surface area (Å²) in [4.78, 5) is 17.7. The number of sulfonamides is 1. The molecule has 3 fully saturated rings. The lowest BCUT2D eigenvalue weighted by atomic mass is 10.1. The molecule has 2 bridgehead atoms. The van der Waals surface area contributed by atoms with Crippen LogP contribution in [0.4, 0.5) is 5.69 Å². The highest BCUT2D eigenvalue weighted by molar-refractivity contribution is 7.89. The second-order valence-corrected chi connectivity index (χ2v) is 12.8. The van der Waals surface area contributed by atoms with Gasteiger partial charge in [0.2, 0.25) is 15.9 Å². The number of nitrogens with zero attached hydrogens (tertiary/aromatic N) is 4. The summed E-state index contributed by atoms with van der Waals surface area (Å²) in [7, 11) is -3.77. The number of benzene rings is 2. The van der Waals surface area contributed by atoms with E-state index < -0.39 is 10.0 Å². The van der Waals surface area contributed by atoms with E-state index in [1.165, 1.54) is 28.4 Å². The summed E-state index contributed by atoms with van der Waals surface area (Å²) in [6.45, 7) is 9.88. The summed E-state index contributed by atoms with van der Waals surface area (Å²) >= 11 is 0. The minimum absolute atomic E-state index is 0.105. The number of likely N-dealkylation sites (tertiary alicyclic amines) is 1. The molecule has 3 aliphatic heterocycles. The molecule has 2 N–H and O–H groups in total. The van der Waals surface area contributed by atoms with E-state index in [0.29, 0.717) is 30.7 Å². The van der Waals surface area contributed by atoms with Crippen molar-refractivity contribution in [1.29, 1.82) is 5.26 Å². The standard InChI is InChI=1S/C28H36N6O3S/c1-19-14-32(15-20(2)34(19)38(36,37)26-8-4-6-22(10-26)12-29)18-28(35)31-27-9-5-7-23(21(27)3)16-33-17-24-11-25(33)13-30-24/h4-10,19-20,24-25,30H,11,13-18H2,1-3H3,(H,31,35)/t19-,20?,24-,25?/m0/s1. The number of hydrogen-bond acceptors (Lipinski definition) is 7. The Morgan fingerprint density at radius 1 is 1.13 bits per heavy atom. The highest BCUT2D eigenvalue weighted by Crippen LogP contribution is 2.29. The maximum Gasteiger partial charge on any atom is 0.243 e. The normalized spacial score (nSPS) is 26.4. The molecule has 0 aliphatic carbocycles. The molecule has 202 valence electrons. The fraction of sp³-hybridized carbons (Fsp3) is 0.500. The molecule has 38 heavy (non-hydrogen) atoms. The minimum Gasteiger partial charge on any atom is -0.325 e. The molecule has 0 saturated carbocycles. The molecule has 3 saturated heterocycles. The third-order valence-corrected chi connectivity index (χ3v) is 10.2. The lowest BCUT2D eigenvalue weighted by Gasteiger charge is -2.43. The average molecular weight is 537 g/mol. The minimum atomic E-state index is -3.77. The molecule has 2 aromatic rings. The number of hydrogen-bond donors (Lipinski definition) is 2. The van der Waals surface area contributed by atoms with Crippen LogP contribution in [0.1, 0.15) is 37.0 Å². The molecule has 9 nitrogen and oxygen atoms in total. The molecule has 4 atom stereocenters. The lowest BCUT2D eigenvalue weighted by Crippen LogP contribution is -2.59. The Bertz CT molecular complexity index is 1340. The summed E-state index contributed by atoms with van der Waals surface area (Å²) in [5.41, 5.74) is 3.46. The zero-order valence-corrected chi connectivity index (χ0v) is 23.0. The van der Waals surface area contributed by atoms with Crippen molar-refractivity contribution >= 4 is 21.6 Å². The van der Waals surface area contributed by atoms with Gasteiger partial charge < -0.3 is 10.6 Å². The summed E-state index contributed by atoms with van der Waals surface area (Å²) in [6.07, 6.45) is 1.22. The van der Waals surface area contributed by atoms with E-state index in [9.17, 15) is 18.5 Å². The molecule has 3 aliphatic rings. The molecule has 5 rings (SSSR count). The van der Waals surface area contributed by atoms with Crippen LogP contribution in [0.15, 0.2) is 47.4 Å². The van der Waals surface area contributed by atoms with E-state index in [4.69, 9.17) is 0 Å². The second kappa shape index (κ2) is 10.8. The lowest BCUT2D eigenvalue weighted by molar-refractivity contribution is -0.118. The zero-order chi connectivity index (χ0) is 27.0. The number of rotatable bonds is 7. The van der Waals surface area contributed by atoms with E-state index in [1.807, 2.05) is 36.9 Å². The third-order valence-electron chi connectivity index (χ3n) is 8.08. The Kier molecular flexibility index (Phi) is 7.58. The molecule has 0 radical (unpaired) electrons. The fourth-order valence-electron chi connectivity index (χ4n) is 6.31. The number of amides is 1. The average Bonchev–Trinajstić information content (AvgIpc) is 3.49. The van der Waals surface area contributed by atoms with E-state index in [1.54, 1.807) is 12.1 Å². The van der Waals surface area contributed by atoms with Gasteiger partial charge >= 0.3 is 0 Å². The van der Waals surface area contributed by atoms with Gasteiger partial charge in [0.05, 0.1) is 23.1 Å². The van der Waals surface area contributed by atoms with Gasteiger partial charge in [0.15, 0.2) is 0 Å². The number of fused-ring (bicyclic) bond motifs is 2. The van der Waals surface area contributed by atoms with Gasteiger partial charge in [-0.25, -0.2) is 8.42 Å². The van der Waals surface area contributed by atoms with E-state index in [0.717, 1.165) is 30.9 Å². The molecule has 0 spiro atoms. The number of anilines is 1. The molecular weight excluding hydrogens is 500 g/mol. The van der Waals surface area contributed by atoms with Crippen molar-refractivity contribution in [1.82, 2.24) is 19.4 Å². The van der Waals surface area contributed by atoms with Crippen molar-refractivity contribution in [3.8, 4) is 6.07 Å². The molecule has 1 amide bonds. The van der Waals surface area contributed by atoms with Crippen LogP contribution < -0.4 is 10.6 Å². The number of nitriles is 1. The van der Waals surface area contributed by atoms with Crippen molar-refractivity contribution in [2.45, 2.75) is 62.8 Å². The van der Waals surface area contributed by atoms with Crippen molar-refractivity contribution in [2.24, 2.45) is 0 Å². The van der Waals surface area contributed by atoms with Gasteiger partial charge in [-0.3, -0.25) is 14.6 Å². The number of nitrogens with one attached hydrogen (secondary N) is 2. The largest absolute Gasteiger partial charge is 0.325 e. The Balaban J connectivity index is 1.21.